The molecule has 2 aliphatic heterocycles. The first kappa shape index (κ1) is 34.8. The summed E-state index contributed by atoms with van der Waals surface area (Å²) in [5.41, 5.74) is 3.29. The summed E-state index contributed by atoms with van der Waals surface area (Å²) in [4.78, 5) is 1.67. The lowest BCUT2D eigenvalue weighted by molar-refractivity contribution is 0.200. The minimum absolute atomic E-state index is 0.380. The molecule has 14 nitrogen and oxygen atoms in total. The van der Waals surface area contributed by atoms with Crippen LogP contribution < -0.4 is 5.43 Å². The summed E-state index contributed by atoms with van der Waals surface area (Å²) < 4.78 is 3.75. The molecule has 1 fully saturated rings. The van der Waals surface area contributed by atoms with Crippen LogP contribution in [0.2, 0.25) is 0 Å². The second kappa shape index (κ2) is 19.7. The number of hydrazine groups is 1. The molecule has 0 atom stereocenters. The lowest BCUT2D eigenvalue weighted by atomic mass is 10.4. The maximum Gasteiger partial charge on any atom is 0.119 e. The van der Waals surface area contributed by atoms with Crippen LogP contribution in [-0.4, -0.2) is 93.0 Å². The molecule has 0 unspecified atom stereocenters. The van der Waals surface area contributed by atoms with Gasteiger partial charge in [0.15, 0.2) is 0 Å². The zero-order valence-corrected chi connectivity index (χ0v) is 26.2. The highest BCUT2D eigenvalue weighted by atomic mass is 15.6. The quantitative estimate of drug-likeness (QED) is 0.485. The molecule has 0 radical (unpaired) electrons. The summed E-state index contributed by atoms with van der Waals surface area (Å²) >= 11 is 0. The minimum Gasteiger partial charge on any atom is -0.318 e. The fraction of sp³-hybridized carbons (Fsp3) is 0.769. The number of nitrogens with zero attached hydrogens (tertiary/aromatic N) is 13. The van der Waals surface area contributed by atoms with Crippen LogP contribution in [-0.2, 0) is 0 Å². The normalized spacial score (nSPS) is 14.5. The molecule has 0 bridgehead atoms. The van der Waals surface area contributed by atoms with E-state index in [0.29, 0.717) is 30.2 Å². The fourth-order valence-corrected chi connectivity index (χ4v) is 3.13. The maximum absolute atomic E-state index is 3.92. The molecular formula is C26H52N14. The van der Waals surface area contributed by atoms with E-state index in [2.05, 4.69) is 107 Å². The van der Waals surface area contributed by atoms with Gasteiger partial charge in [0, 0.05) is 43.5 Å². The maximum atomic E-state index is 3.92. The van der Waals surface area contributed by atoms with Crippen LogP contribution in [0.3, 0.4) is 0 Å². The Bertz CT molecular complexity index is 866. The molecule has 0 aliphatic carbocycles. The third-order valence-corrected chi connectivity index (χ3v) is 5.62. The summed E-state index contributed by atoms with van der Waals surface area (Å²) in [7, 11) is 0. The zero-order valence-electron chi connectivity index (χ0n) is 26.2. The Hall–Kier alpha value is -3.26. The minimum atomic E-state index is 0.380. The molecule has 0 saturated carbocycles. The van der Waals surface area contributed by atoms with Crippen molar-refractivity contribution in [2.24, 2.45) is 10.3 Å². The largest absolute Gasteiger partial charge is 0.318 e. The lowest BCUT2D eigenvalue weighted by Gasteiger charge is -2.18. The predicted molar refractivity (Wildman–Crippen MR) is 157 cm³/mol. The average Bonchev–Trinajstić information content (AvgIpc) is 3.74. The van der Waals surface area contributed by atoms with Gasteiger partial charge in [-0.3, -0.25) is 15.1 Å². The van der Waals surface area contributed by atoms with E-state index >= 15 is 0 Å². The van der Waals surface area contributed by atoms with Crippen LogP contribution >= 0.6 is 0 Å². The van der Waals surface area contributed by atoms with Crippen molar-refractivity contribution in [3.8, 4) is 0 Å². The molecule has 40 heavy (non-hydrogen) atoms. The van der Waals surface area contributed by atoms with Crippen molar-refractivity contribution >= 4 is 0 Å². The number of aromatic nitrogens is 9. The first-order chi connectivity index (χ1) is 19.0. The molecule has 0 spiro atoms. The zero-order chi connectivity index (χ0) is 29.9. The van der Waals surface area contributed by atoms with Gasteiger partial charge in [-0.2, -0.15) is 20.1 Å². The highest BCUT2D eigenvalue weighted by molar-refractivity contribution is 4.67. The molecule has 0 amide bonds. The highest BCUT2D eigenvalue weighted by Crippen LogP contribution is 2.04. The van der Waals surface area contributed by atoms with Crippen molar-refractivity contribution < 1.29 is 0 Å². The van der Waals surface area contributed by atoms with Gasteiger partial charge in [-0.05, 0) is 75.7 Å². The van der Waals surface area contributed by atoms with E-state index in [4.69, 9.17) is 0 Å². The smallest absolute Gasteiger partial charge is 0.119 e. The van der Waals surface area contributed by atoms with E-state index in [1.54, 1.807) is 40.7 Å². The third kappa shape index (κ3) is 14.8. The molecule has 1 saturated heterocycles. The molecule has 14 heteroatoms. The van der Waals surface area contributed by atoms with Gasteiger partial charge in [-0.25, -0.2) is 5.01 Å². The van der Waals surface area contributed by atoms with E-state index in [-0.39, 0.29) is 0 Å². The monoisotopic (exact) mass is 560 g/mol. The molecule has 0 aromatic carbocycles. The lowest BCUT2D eigenvalue weighted by Crippen LogP contribution is -2.36. The summed E-state index contributed by atoms with van der Waals surface area (Å²) in [6.45, 7) is 25.3. The van der Waals surface area contributed by atoms with Gasteiger partial charge in [0.05, 0.1) is 37.7 Å². The van der Waals surface area contributed by atoms with Crippen LogP contribution in [0, 0.1) is 0 Å². The van der Waals surface area contributed by atoms with Crippen LogP contribution in [0.15, 0.2) is 47.8 Å². The van der Waals surface area contributed by atoms with Crippen molar-refractivity contribution in [3.05, 3.63) is 37.4 Å². The van der Waals surface area contributed by atoms with Crippen molar-refractivity contribution in [2.75, 3.05) is 26.2 Å². The van der Waals surface area contributed by atoms with Crippen molar-refractivity contribution in [1.29, 1.82) is 0 Å². The Morgan fingerprint density at radius 1 is 0.675 bits per heavy atom. The van der Waals surface area contributed by atoms with Crippen molar-refractivity contribution in [2.45, 2.75) is 106 Å². The van der Waals surface area contributed by atoms with Gasteiger partial charge in [-0.1, -0.05) is 10.4 Å². The van der Waals surface area contributed by atoms with Crippen LogP contribution in [0.5, 0.6) is 0 Å². The summed E-state index contributed by atoms with van der Waals surface area (Å²) in [6.07, 6.45) is 11.6. The SMILES string of the molecule is CC(C)N1CCCN1.CC(C)N1CCN=N1.CC(C)n1ccnn1.CC(C)n1cnnc1.CC(C)n1nccn1. The first-order valence-electron chi connectivity index (χ1n) is 14.2. The first-order valence-corrected chi connectivity index (χ1v) is 14.2. The molecular weight excluding hydrogens is 508 g/mol. The van der Waals surface area contributed by atoms with Gasteiger partial charge in [0.2, 0.25) is 0 Å². The van der Waals surface area contributed by atoms with E-state index in [1.165, 1.54) is 13.0 Å². The molecule has 3 aromatic heterocycles. The van der Waals surface area contributed by atoms with Gasteiger partial charge in [0.1, 0.15) is 12.7 Å². The molecule has 3 aromatic rings. The number of rotatable bonds is 5. The van der Waals surface area contributed by atoms with E-state index in [1.807, 2.05) is 29.6 Å². The molecule has 2 aliphatic rings. The second-order valence-corrected chi connectivity index (χ2v) is 10.7. The van der Waals surface area contributed by atoms with Crippen LogP contribution in [0.4, 0.5) is 0 Å². The summed E-state index contributed by atoms with van der Waals surface area (Å²) in [6, 6.07) is 2.46. The average molecular weight is 561 g/mol. The standard InChI is InChI=1S/C6H14N2.C5H9N3.C5H11N3.2C5H9N3/c1-6(2)8-5-3-4-7-8;1-5(2)8-3-6-7-4-8;2*1-5(2)8-4-3-6-7-8;1-5(2)8-6-3-4-7-8/h6-7H,3-5H2,1-2H3;3-5H,1-2H3;5H,3-4H2,1-2H3;2*3-5H,1-2H3. The van der Waals surface area contributed by atoms with Crippen molar-refractivity contribution in [3.63, 3.8) is 0 Å². The third-order valence-electron chi connectivity index (χ3n) is 5.62. The van der Waals surface area contributed by atoms with Crippen LogP contribution in [0.25, 0.3) is 0 Å². The molecule has 5 heterocycles. The van der Waals surface area contributed by atoms with Gasteiger partial charge in [-0.15, -0.1) is 15.3 Å². The van der Waals surface area contributed by atoms with E-state index in [0.717, 1.165) is 19.6 Å². The Morgan fingerprint density at radius 2 is 1.32 bits per heavy atom. The predicted octanol–water partition coefficient (Wildman–Crippen LogP) is 4.26. The molecule has 5 rings (SSSR count). The van der Waals surface area contributed by atoms with Gasteiger partial charge >= 0.3 is 0 Å². The number of hydrogen-bond donors (Lipinski definition) is 1. The van der Waals surface area contributed by atoms with E-state index < -0.39 is 0 Å². The Kier molecular flexibility index (Phi) is 17.2. The number of hydrogen-bond acceptors (Lipinski definition) is 11. The highest BCUT2D eigenvalue weighted by Gasteiger charge is 2.12. The Labute approximate surface area is 240 Å². The second-order valence-electron chi connectivity index (χ2n) is 10.7. The molecule has 226 valence electrons. The molecule has 1 N–H and O–H groups in total. The van der Waals surface area contributed by atoms with Crippen molar-refractivity contribution in [1.82, 2.24) is 60.2 Å². The Morgan fingerprint density at radius 3 is 1.57 bits per heavy atom. The summed E-state index contributed by atoms with van der Waals surface area (Å²) in [5, 5.41) is 34.6. The summed E-state index contributed by atoms with van der Waals surface area (Å²) in [5.74, 6) is 0. The van der Waals surface area contributed by atoms with Gasteiger partial charge < -0.3 is 4.57 Å². The topological polar surface area (TPSA) is 135 Å². The van der Waals surface area contributed by atoms with Gasteiger partial charge in [0.25, 0.3) is 0 Å². The Balaban J connectivity index is 0.000000250. The van der Waals surface area contributed by atoms with Crippen LogP contribution in [0.1, 0.15) is 93.8 Å². The number of nitrogens with one attached hydrogen (secondary N) is 1. The fourth-order valence-electron chi connectivity index (χ4n) is 3.13. The van der Waals surface area contributed by atoms with E-state index in [9.17, 15) is 0 Å².